The molecular formula is C39H21NO. The van der Waals surface area contributed by atoms with Gasteiger partial charge in [-0.2, -0.15) is 5.26 Å². The van der Waals surface area contributed by atoms with Crippen molar-refractivity contribution in [3.8, 4) is 50.9 Å². The highest BCUT2D eigenvalue weighted by Gasteiger charge is 2.22. The number of nitrogens with zero attached hydrogens (tertiary/aromatic N) is 1. The smallest absolute Gasteiger partial charge is 0.136 e. The van der Waals surface area contributed by atoms with E-state index < -0.39 is 0 Å². The van der Waals surface area contributed by atoms with Crippen molar-refractivity contribution in [1.29, 1.82) is 5.26 Å². The van der Waals surface area contributed by atoms with Gasteiger partial charge in [-0.15, -0.1) is 0 Å². The van der Waals surface area contributed by atoms with Gasteiger partial charge in [0.2, 0.25) is 0 Å². The first-order valence-corrected chi connectivity index (χ1v) is 13.8. The van der Waals surface area contributed by atoms with Crippen LogP contribution in [0.5, 0.6) is 11.5 Å². The van der Waals surface area contributed by atoms with Crippen LogP contribution in [0.15, 0.2) is 127 Å². The zero-order chi connectivity index (χ0) is 27.1. The first-order chi connectivity index (χ1) is 20.2. The van der Waals surface area contributed by atoms with Crippen molar-refractivity contribution in [1.82, 2.24) is 0 Å². The van der Waals surface area contributed by atoms with E-state index in [-0.39, 0.29) is 0 Å². The minimum Gasteiger partial charge on any atom is -0.456 e. The Morgan fingerprint density at radius 3 is 1.76 bits per heavy atom. The van der Waals surface area contributed by atoms with Crippen molar-refractivity contribution in [3.63, 3.8) is 0 Å². The summed E-state index contributed by atoms with van der Waals surface area (Å²) in [7, 11) is 0. The van der Waals surface area contributed by atoms with Crippen molar-refractivity contribution in [2.24, 2.45) is 0 Å². The van der Waals surface area contributed by atoms with E-state index in [0.717, 1.165) is 33.4 Å². The largest absolute Gasteiger partial charge is 0.456 e. The Balaban J connectivity index is 1.25. The van der Waals surface area contributed by atoms with Crippen LogP contribution in [0.4, 0.5) is 0 Å². The standard InChI is InChI=1S/C39H21NO/c40-22-23-9-14-32-34-16-15-31(33-7-4-8-35(39(33)34)41-36(32)17-23)30-20-27-12-10-25-18-29(24-5-2-1-3-6-24)19-26-11-13-28(21-30)38(27)37(25)26/h1-21H. The SMILES string of the molecule is N#Cc1ccc2c(c1)Oc1cccc3c(-c4cc5ccc6cc(-c7ccccc7)cc7ccc(c4)c5c67)ccc-2c13. The highest BCUT2D eigenvalue weighted by atomic mass is 16.5. The number of rotatable bonds is 2. The third kappa shape index (κ3) is 3.18. The maximum absolute atomic E-state index is 9.38. The molecule has 0 aliphatic carbocycles. The van der Waals surface area contributed by atoms with E-state index in [1.54, 1.807) is 0 Å². The monoisotopic (exact) mass is 519 g/mol. The van der Waals surface area contributed by atoms with Gasteiger partial charge in [-0.05, 0) is 114 Å². The van der Waals surface area contributed by atoms with Crippen LogP contribution >= 0.6 is 0 Å². The van der Waals surface area contributed by atoms with Crippen LogP contribution < -0.4 is 4.74 Å². The molecule has 0 fully saturated rings. The maximum atomic E-state index is 9.38. The topological polar surface area (TPSA) is 33.0 Å². The molecule has 0 bridgehead atoms. The predicted octanol–water partition coefficient (Wildman–Crippen LogP) is 10.7. The molecule has 1 aliphatic heterocycles. The van der Waals surface area contributed by atoms with E-state index in [1.807, 2.05) is 24.3 Å². The van der Waals surface area contributed by atoms with E-state index in [0.29, 0.717) is 5.56 Å². The summed E-state index contributed by atoms with van der Waals surface area (Å²) in [6.45, 7) is 0. The minimum atomic E-state index is 0.598. The molecule has 0 saturated carbocycles. The molecule has 2 nitrogen and oxygen atoms in total. The van der Waals surface area contributed by atoms with E-state index in [9.17, 15) is 5.26 Å². The molecule has 0 aromatic heterocycles. The van der Waals surface area contributed by atoms with Crippen LogP contribution in [-0.4, -0.2) is 0 Å². The van der Waals surface area contributed by atoms with Gasteiger partial charge in [0.1, 0.15) is 11.5 Å². The molecule has 1 heterocycles. The minimum absolute atomic E-state index is 0.598. The summed E-state index contributed by atoms with van der Waals surface area (Å²) in [5.41, 5.74) is 7.61. The number of benzene rings is 8. The Labute approximate surface area is 236 Å². The molecule has 188 valence electrons. The summed E-state index contributed by atoms with van der Waals surface area (Å²) in [6, 6.07) is 47.5. The fourth-order valence-corrected chi connectivity index (χ4v) is 6.74. The van der Waals surface area contributed by atoms with Gasteiger partial charge in [0.05, 0.1) is 11.6 Å². The summed E-state index contributed by atoms with van der Waals surface area (Å²) in [5.74, 6) is 1.56. The Morgan fingerprint density at radius 2 is 1.07 bits per heavy atom. The van der Waals surface area contributed by atoms with E-state index in [1.165, 1.54) is 54.6 Å². The lowest BCUT2D eigenvalue weighted by Crippen LogP contribution is -1.98. The zero-order valence-corrected chi connectivity index (χ0v) is 22.0. The zero-order valence-electron chi connectivity index (χ0n) is 22.0. The molecule has 0 saturated heterocycles. The van der Waals surface area contributed by atoms with Crippen molar-refractivity contribution in [3.05, 3.63) is 133 Å². The molecule has 0 atom stereocenters. The molecule has 0 amide bonds. The molecule has 0 radical (unpaired) electrons. The number of hydrogen-bond donors (Lipinski definition) is 0. The second-order valence-electron chi connectivity index (χ2n) is 10.9. The Hall–Kier alpha value is -5.65. The lowest BCUT2D eigenvalue weighted by molar-refractivity contribution is 0.487. The summed E-state index contributed by atoms with van der Waals surface area (Å²) < 4.78 is 6.33. The lowest BCUT2D eigenvalue weighted by Gasteiger charge is -2.23. The lowest BCUT2D eigenvalue weighted by atomic mass is 9.87. The van der Waals surface area contributed by atoms with Crippen LogP contribution in [0.3, 0.4) is 0 Å². The van der Waals surface area contributed by atoms with Gasteiger partial charge < -0.3 is 4.74 Å². The van der Waals surface area contributed by atoms with Crippen LogP contribution in [0, 0.1) is 11.3 Å². The first-order valence-electron chi connectivity index (χ1n) is 13.8. The highest BCUT2D eigenvalue weighted by molar-refractivity contribution is 6.25. The average molecular weight is 520 g/mol. The normalized spacial score (nSPS) is 12.1. The Kier molecular flexibility index (Phi) is 4.43. The van der Waals surface area contributed by atoms with Gasteiger partial charge in [-0.1, -0.05) is 78.9 Å². The predicted molar refractivity (Wildman–Crippen MR) is 169 cm³/mol. The van der Waals surface area contributed by atoms with Crippen molar-refractivity contribution >= 4 is 43.1 Å². The molecular weight excluding hydrogens is 498 g/mol. The first kappa shape index (κ1) is 22.2. The second-order valence-corrected chi connectivity index (χ2v) is 10.9. The molecule has 1 aliphatic rings. The van der Waals surface area contributed by atoms with Crippen LogP contribution in [-0.2, 0) is 0 Å². The summed E-state index contributed by atoms with van der Waals surface area (Å²) in [4.78, 5) is 0. The molecule has 2 heteroatoms. The number of ether oxygens (including phenoxy) is 1. The third-order valence-electron chi connectivity index (χ3n) is 8.57. The van der Waals surface area contributed by atoms with Crippen LogP contribution in [0.25, 0.3) is 76.5 Å². The van der Waals surface area contributed by atoms with E-state index in [4.69, 9.17) is 4.74 Å². The fourth-order valence-electron chi connectivity index (χ4n) is 6.74. The van der Waals surface area contributed by atoms with E-state index >= 15 is 0 Å². The van der Waals surface area contributed by atoms with E-state index in [2.05, 4.69) is 109 Å². The van der Waals surface area contributed by atoms with Crippen molar-refractivity contribution < 1.29 is 4.74 Å². The number of fused-ring (bicyclic) bond motifs is 2. The summed E-state index contributed by atoms with van der Waals surface area (Å²) >= 11 is 0. The third-order valence-corrected chi connectivity index (χ3v) is 8.57. The summed E-state index contributed by atoms with van der Waals surface area (Å²) in [6.07, 6.45) is 0. The fraction of sp³-hybridized carbons (Fsp3) is 0. The number of nitriles is 1. The van der Waals surface area contributed by atoms with Crippen molar-refractivity contribution in [2.45, 2.75) is 0 Å². The molecule has 9 rings (SSSR count). The van der Waals surface area contributed by atoms with Gasteiger partial charge in [-0.3, -0.25) is 0 Å². The van der Waals surface area contributed by atoms with Crippen LogP contribution in [0.1, 0.15) is 5.56 Å². The van der Waals surface area contributed by atoms with Gasteiger partial charge in [0, 0.05) is 10.9 Å². The highest BCUT2D eigenvalue weighted by Crippen LogP contribution is 2.49. The second kappa shape index (κ2) is 8.18. The van der Waals surface area contributed by atoms with Crippen LogP contribution in [0.2, 0.25) is 0 Å². The van der Waals surface area contributed by atoms with Gasteiger partial charge in [-0.25, -0.2) is 0 Å². The molecule has 8 aromatic carbocycles. The van der Waals surface area contributed by atoms with Gasteiger partial charge >= 0.3 is 0 Å². The molecule has 8 aromatic rings. The summed E-state index contributed by atoms with van der Waals surface area (Å²) in [5, 5.41) is 19.3. The maximum Gasteiger partial charge on any atom is 0.136 e. The van der Waals surface area contributed by atoms with Gasteiger partial charge in [0.15, 0.2) is 0 Å². The number of hydrogen-bond acceptors (Lipinski definition) is 2. The molecule has 0 spiro atoms. The molecule has 0 unspecified atom stereocenters. The molecule has 0 N–H and O–H groups in total. The Bertz CT molecular complexity index is 2330. The Morgan fingerprint density at radius 1 is 0.439 bits per heavy atom. The molecule has 41 heavy (non-hydrogen) atoms. The van der Waals surface area contributed by atoms with Gasteiger partial charge in [0.25, 0.3) is 0 Å². The quantitative estimate of drug-likeness (QED) is 0.213. The van der Waals surface area contributed by atoms with Crippen molar-refractivity contribution in [2.75, 3.05) is 0 Å². The average Bonchev–Trinajstić information content (AvgIpc) is 3.03.